The van der Waals surface area contributed by atoms with Crippen LogP contribution in [0, 0.1) is 5.92 Å². The molecule has 1 aromatic carbocycles. The fourth-order valence-corrected chi connectivity index (χ4v) is 3.33. The van der Waals surface area contributed by atoms with Crippen LogP contribution in [0.4, 0.5) is 0 Å². The Labute approximate surface area is 161 Å². The van der Waals surface area contributed by atoms with Crippen molar-refractivity contribution in [2.75, 3.05) is 26.2 Å². The lowest BCUT2D eigenvalue weighted by molar-refractivity contribution is -0.123. The Hall–Kier alpha value is -2.21. The van der Waals surface area contributed by atoms with Crippen molar-refractivity contribution >= 4 is 17.6 Å². The maximum atomic E-state index is 12.2. The standard InChI is InChI=1S/C21H31N3O3/c1-21(2,3)17-9-7-15(8-10-17)18(25)20(27)23-11-5-13-24-12-4-6-16(14-24)19(22)26/h7-10,16H,4-6,11-14H2,1-3H3,(H2,22,26)(H,23,27). The van der Waals surface area contributed by atoms with Gasteiger partial charge in [0.05, 0.1) is 5.92 Å². The van der Waals surface area contributed by atoms with Crippen LogP contribution in [0.25, 0.3) is 0 Å². The van der Waals surface area contributed by atoms with Gasteiger partial charge in [-0.15, -0.1) is 0 Å². The second-order valence-electron chi connectivity index (χ2n) is 8.31. The summed E-state index contributed by atoms with van der Waals surface area (Å²) in [6.07, 6.45) is 2.54. The van der Waals surface area contributed by atoms with Gasteiger partial charge in [-0.25, -0.2) is 0 Å². The van der Waals surface area contributed by atoms with Crippen LogP contribution in [0.3, 0.4) is 0 Å². The van der Waals surface area contributed by atoms with E-state index in [2.05, 4.69) is 31.0 Å². The predicted octanol–water partition coefficient (Wildman–Crippen LogP) is 1.87. The van der Waals surface area contributed by atoms with Gasteiger partial charge < -0.3 is 16.0 Å². The number of hydrogen-bond acceptors (Lipinski definition) is 4. The molecule has 3 N–H and O–H groups in total. The Bertz CT molecular complexity index is 677. The predicted molar refractivity (Wildman–Crippen MR) is 105 cm³/mol. The normalized spacial score (nSPS) is 18.1. The molecule has 1 aliphatic heterocycles. The van der Waals surface area contributed by atoms with E-state index in [0.717, 1.165) is 37.9 Å². The topological polar surface area (TPSA) is 92.5 Å². The van der Waals surface area contributed by atoms with Crippen LogP contribution >= 0.6 is 0 Å². The number of likely N-dealkylation sites (tertiary alicyclic amines) is 1. The highest BCUT2D eigenvalue weighted by Crippen LogP contribution is 2.22. The number of primary amides is 1. The first kappa shape index (κ1) is 21.1. The summed E-state index contributed by atoms with van der Waals surface area (Å²) >= 11 is 0. The summed E-state index contributed by atoms with van der Waals surface area (Å²) in [5.41, 5.74) is 6.92. The molecule has 1 aliphatic rings. The third-order valence-electron chi connectivity index (χ3n) is 5.06. The van der Waals surface area contributed by atoms with E-state index in [4.69, 9.17) is 5.73 Å². The molecule has 0 spiro atoms. The number of ketones is 1. The summed E-state index contributed by atoms with van der Waals surface area (Å²) in [4.78, 5) is 37.8. The number of benzene rings is 1. The number of nitrogens with one attached hydrogen (secondary N) is 1. The Kier molecular flexibility index (Phi) is 7.13. The Morgan fingerprint density at radius 1 is 1.19 bits per heavy atom. The minimum Gasteiger partial charge on any atom is -0.369 e. The van der Waals surface area contributed by atoms with Gasteiger partial charge in [-0.3, -0.25) is 14.4 Å². The minimum atomic E-state index is -0.577. The molecule has 1 aromatic rings. The van der Waals surface area contributed by atoms with E-state index in [0.29, 0.717) is 18.7 Å². The van der Waals surface area contributed by atoms with Crippen molar-refractivity contribution in [3.8, 4) is 0 Å². The van der Waals surface area contributed by atoms with Crippen LogP contribution < -0.4 is 11.1 Å². The molecular formula is C21H31N3O3. The summed E-state index contributed by atoms with van der Waals surface area (Å²) in [5, 5.41) is 2.69. The van der Waals surface area contributed by atoms with Crippen LogP contribution in [0.5, 0.6) is 0 Å². The molecule has 6 nitrogen and oxygen atoms in total. The first-order chi connectivity index (χ1) is 12.7. The van der Waals surface area contributed by atoms with Crippen molar-refractivity contribution in [3.63, 3.8) is 0 Å². The Morgan fingerprint density at radius 3 is 2.44 bits per heavy atom. The van der Waals surface area contributed by atoms with Crippen LogP contribution in [-0.4, -0.2) is 48.7 Å². The van der Waals surface area contributed by atoms with Gasteiger partial charge in [0.2, 0.25) is 11.7 Å². The number of nitrogens with zero attached hydrogens (tertiary/aromatic N) is 1. The number of carbonyl (C=O) groups is 3. The maximum Gasteiger partial charge on any atom is 0.292 e. The van der Waals surface area contributed by atoms with Gasteiger partial charge in [0.1, 0.15) is 0 Å². The third kappa shape index (κ3) is 6.17. The molecule has 1 heterocycles. The fourth-order valence-electron chi connectivity index (χ4n) is 3.33. The molecule has 1 atom stereocenters. The quantitative estimate of drug-likeness (QED) is 0.433. The van der Waals surface area contributed by atoms with Crippen molar-refractivity contribution in [2.45, 2.75) is 45.4 Å². The monoisotopic (exact) mass is 373 g/mol. The van der Waals surface area contributed by atoms with Crippen LogP contribution in [0.15, 0.2) is 24.3 Å². The SMILES string of the molecule is CC(C)(C)c1ccc(C(=O)C(=O)NCCCN2CCCC(C(N)=O)C2)cc1. The van der Waals surface area contributed by atoms with Gasteiger partial charge >= 0.3 is 0 Å². The van der Waals surface area contributed by atoms with E-state index in [-0.39, 0.29) is 17.2 Å². The first-order valence-electron chi connectivity index (χ1n) is 9.63. The van der Waals surface area contributed by atoms with E-state index >= 15 is 0 Å². The van der Waals surface area contributed by atoms with Crippen molar-refractivity contribution in [3.05, 3.63) is 35.4 Å². The lowest BCUT2D eigenvalue weighted by Crippen LogP contribution is -2.42. The Balaban J connectivity index is 1.75. The van der Waals surface area contributed by atoms with Gasteiger partial charge in [-0.05, 0) is 43.3 Å². The van der Waals surface area contributed by atoms with Crippen LogP contribution in [0.2, 0.25) is 0 Å². The number of rotatable bonds is 7. The zero-order valence-electron chi connectivity index (χ0n) is 16.6. The summed E-state index contributed by atoms with van der Waals surface area (Å²) in [7, 11) is 0. The molecule has 1 fully saturated rings. The Morgan fingerprint density at radius 2 is 1.85 bits per heavy atom. The number of amides is 2. The third-order valence-corrected chi connectivity index (χ3v) is 5.06. The average molecular weight is 373 g/mol. The van der Waals surface area contributed by atoms with Gasteiger partial charge in [-0.2, -0.15) is 0 Å². The summed E-state index contributed by atoms with van der Waals surface area (Å²) in [5.74, 6) is -1.41. The molecular weight excluding hydrogens is 342 g/mol. The van der Waals surface area contributed by atoms with Crippen molar-refractivity contribution in [1.82, 2.24) is 10.2 Å². The highest BCUT2D eigenvalue weighted by molar-refractivity contribution is 6.42. The molecule has 1 unspecified atom stereocenters. The summed E-state index contributed by atoms with van der Waals surface area (Å²) in [6, 6.07) is 7.21. The van der Waals surface area contributed by atoms with Gasteiger partial charge in [0.25, 0.3) is 5.91 Å². The highest BCUT2D eigenvalue weighted by atomic mass is 16.2. The fraction of sp³-hybridized carbons (Fsp3) is 0.571. The largest absolute Gasteiger partial charge is 0.369 e. The smallest absolute Gasteiger partial charge is 0.292 e. The van der Waals surface area contributed by atoms with E-state index in [1.807, 2.05) is 12.1 Å². The van der Waals surface area contributed by atoms with E-state index in [9.17, 15) is 14.4 Å². The first-order valence-corrected chi connectivity index (χ1v) is 9.63. The maximum absolute atomic E-state index is 12.2. The number of piperidine rings is 1. The summed E-state index contributed by atoms with van der Waals surface area (Å²) < 4.78 is 0. The second-order valence-corrected chi connectivity index (χ2v) is 8.31. The van der Waals surface area contributed by atoms with Gasteiger partial charge in [-0.1, -0.05) is 45.0 Å². The second kappa shape index (κ2) is 9.13. The molecule has 0 radical (unpaired) electrons. The molecule has 0 saturated carbocycles. The summed E-state index contributed by atoms with van der Waals surface area (Å²) in [6.45, 7) is 9.14. The minimum absolute atomic E-state index is 0.00576. The molecule has 2 amide bonds. The number of carbonyl (C=O) groups excluding carboxylic acids is 3. The lowest BCUT2D eigenvalue weighted by Gasteiger charge is -2.31. The highest BCUT2D eigenvalue weighted by Gasteiger charge is 2.23. The van der Waals surface area contributed by atoms with Gasteiger partial charge in [0, 0.05) is 18.7 Å². The number of Topliss-reactive ketones (excluding diaryl/α,β-unsaturated/α-hetero) is 1. The molecule has 0 bridgehead atoms. The van der Waals surface area contributed by atoms with Crippen LogP contribution in [0.1, 0.15) is 56.0 Å². The molecule has 27 heavy (non-hydrogen) atoms. The molecule has 2 rings (SSSR count). The molecule has 148 valence electrons. The molecule has 1 saturated heterocycles. The molecule has 6 heteroatoms. The van der Waals surface area contributed by atoms with E-state index in [1.54, 1.807) is 12.1 Å². The lowest BCUT2D eigenvalue weighted by atomic mass is 9.86. The number of hydrogen-bond donors (Lipinski definition) is 2. The van der Waals surface area contributed by atoms with Crippen LogP contribution in [-0.2, 0) is 15.0 Å². The van der Waals surface area contributed by atoms with E-state index < -0.39 is 11.7 Å². The average Bonchev–Trinajstić information content (AvgIpc) is 2.64. The number of nitrogens with two attached hydrogens (primary N) is 1. The van der Waals surface area contributed by atoms with Crippen molar-refractivity contribution < 1.29 is 14.4 Å². The van der Waals surface area contributed by atoms with Crippen molar-refractivity contribution in [1.29, 1.82) is 0 Å². The zero-order valence-corrected chi connectivity index (χ0v) is 16.6. The van der Waals surface area contributed by atoms with Gasteiger partial charge in [0.15, 0.2) is 0 Å². The zero-order chi connectivity index (χ0) is 20.0. The molecule has 0 aliphatic carbocycles. The van der Waals surface area contributed by atoms with Crippen molar-refractivity contribution in [2.24, 2.45) is 11.7 Å². The molecule has 0 aromatic heterocycles. The van der Waals surface area contributed by atoms with E-state index in [1.165, 1.54) is 0 Å².